The molecule has 4 heterocycles. The number of hydrogen-bond donors (Lipinski definition) is 0. The van der Waals surface area contributed by atoms with Gasteiger partial charge in [-0.2, -0.15) is 5.10 Å². The molecular formula is C15H14N6S. The van der Waals surface area contributed by atoms with E-state index in [-0.39, 0.29) is 0 Å². The van der Waals surface area contributed by atoms with Crippen LogP contribution in [-0.2, 0) is 19.9 Å². The molecule has 4 aromatic heterocycles. The first-order chi connectivity index (χ1) is 10.7. The second-order valence-corrected chi connectivity index (χ2v) is 6.86. The van der Waals surface area contributed by atoms with Crippen LogP contribution < -0.4 is 0 Å². The summed E-state index contributed by atoms with van der Waals surface area (Å²) in [5.41, 5.74) is 4.23. The highest BCUT2D eigenvalue weighted by Gasteiger charge is 2.22. The van der Waals surface area contributed by atoms with Crippen molar-refractivity contribution >= 4 is 27.2 Å². The Morgan fingerprint density at radius 2 is 2.14 bits per heavy atom. The second kappa shape index (κ2) is 4.13. The molecule has 1 aliphatic rings. The highest BCUT2D eigenvalue weighted by atomic mass is 32.1. The second-order valence-electron chi connectivity index (χ2n) is 5.78. The first kappa shape index (κ1) is 12.3. The van der Waals surface area contributed by atoms with E-state index in [1.54, 1.807) is 22.2 Å². The van der Waals surface area contributed by atoms with Gasteiger partial charge >= 0.3 is 0 Å². The first-order valence-corrected chi connectivity index (χ1v) is 8.19. The van der Waals surface area contributed by atoms with Gasteiger partial charge < -0.3 is 0 Å². The van der Waals surface area contributed by atoms with Crippen molar-refractivity contribution in [2.75, 3.05) is 0 Å². The number of fused-ring (bicyclic) bond motifs is 5. The largest absolute Gasteiger partial charge is 0.272 e. The average molecular weight is 310 g/mol. The molecule has 110 valence electrons. The maximum atomic E-state index is 4.76. The molecule has 6 nitrogen and oxygen atoms in total. The van der Waals surface area contributed by atoms with E-state index in [0.717, 1.165) is 28.3 Å². The molecule has 0 saturated heterocycles. The van der Waals surface area contributed by atoms with E-state index in [2.05, 4.69) is 15.2 Å². The fraction of sp³-hybridized carbons (Fsp3) is 0.333. The molecule has 0 fully saturated rings. The lowest BCUT2D eigenvalue weighted by atomic mass is 10.2. The Bertz CT molecular complexity index is 1020. The van der Waals surface area contributed by atoms with Crippen LogP contribution >= 0.6 is 11.3 Å². The zero-order valence-corrected chi connectivity index (χ0v) is 13.2. The van der Waals surface area contributed by atoms with Crippen LogP contribution in [0.15, 0.2) is 12.4 Å². The van der Waals surface area contributed by atoms with E-state index < -0.39 is 0 Å². The monoisotopic (exact) mass is 310 g/mol. The predicted octanol–water partition coefficient (Wildman–Crippen LogP) is 2.54. The molecule has 0 spiro atoms. The summed E-state index contributed by atoms with van der Waals surface area (Å²) in [5, 5.41) is 10.2. The molecule has 0 atom stereocenters. The zero-order valence-electron chi connectivity index (χ0n) is 12.4. The highest BCUT2D eigenvalue weighted by molar-refractivity contribution is 7.19. The lowest BCUT2D eigenvalue weighted by Gasteiger charge is -1.95. The molecule has 0 aromatic carbocycles. The molecule has 0 radical (unpaired) electrons. The Hall–Kier alpha value is -2.28. The van der Waals surface area contributed by atoms with Crippen molar-refractivity contribution in [3.05, 3.63) is 28.5 Å². The fourth-order valence-corrected chi connectivity index (χ4v) is 4.39. The molecule has 1 aliphatic carbocycles. The third-order valence-corrected chi connectivity index (χ3v) is 5.58. The minimum atomic E-state index is 0.663. The summed E-state index contributed by atoms with van der Waals surface area (Å²) in [4.78, 5) is 11.9. The summed E-state index contributed by atoms with van der Waals surface area (Å²) in [6.45, 7) is 2.03. The average Bonchev–Trinajstić information content (AvgIpc) is 3.21. The molecule has 0 unspecified atom stereocenters. The summed E-state index contributed by atoms with van der Waals surface area (Å²) >= 11 is 1.80. The van der Waals surface area contributed by atoms with Gasteiger partial charge in [-0.25, -0.2) is 14.5 Å². The van der Waals surface area contributed by atoms with Crippen LogP contribution in [0.3, 0.4) is 0 Å². The van der Waals surface area contributed by atoms with E-state index in [9.17, 15) is 0 Å². The Balaban J connectivity index is 1.81. The quantitative estimate of drug-likeness (QED) is 0.542. The van der Waals surface area contributed by atoms with E-state index >= 15 is 0 Å². The van der Waals surface area contributed by atoms with Gasteiger partial charge in [0.25, 0.3) is 0 Å². The standard InChI is InChI=1S/C15H14N6S/c1-8-6-10(18-20(8)2)13-17-14-12-9-4-3-5-11(9)22-15(12)16-7-21(14)19-13/h6-7H,3-5H2,1-2H3. The minimum absolute atomic E-state index is 0.663. The lowest BCUT2D eigenvalue weighted by molar-refractivity contribution is 0.741. The van der Waals surface area contributed by atoms with Crippen LogP contribution in [0.4, 0.5) is 0 Å². The fourth-order valence-electron chi connectivity index (χ4n) is 3.17. The summed E-state index contributed by atoms with van der Waals surface area (Å²) in [7, 11) is 1.93. The Morgan fingerprint density at radius 1 is 1.23 bits per heavy atom. The minimum Gasteiger partial charge on any atom is -0.272 e. The maximum absolute atomic E-state index is 4.76. The van der Waals surface area contributed by atoms with Crippen LogP contribution in [0.5, 0.6) is 0 Å². The highest BCUT2D eigenvalue weighted by Crippen LogP contribution is 2.38. The number of nitrogens with zero attached hydrogens (tertiary/aromatic N) is 6. The predicted molar refractivity (Wildman–Crippen MR) is 85.1 cm³/mol. The first-order valence-electron chi connectivity index (χ1n) is 7.37. The molecule has 4 aromatic rings. The number of aromatic nitrogens is 6. The van der Waals surface area contributed by atoms with Crippen molar-refractivity contribution in [2.45, 2.75) is 26.2 Å². The molecular weight excluding hydrogens is 296 g/mol. The third kappa shape index (κ3) is 1.54. The van der Waals surface area contributed by atoms with Crippen molar-refractivity contribution in [1.29, 1.82) is 0 Å². The Morgan fingerprint density at radius 3 is 2.95 bits per heavy atom. The molecule has 5 rings (SSSR count). The van der Waals surface area contributed by atoms with Gasteiger partial charge in [-0.3, -0.25) is 4.68 Å². The van der Waals surface area contributed by atoms with E-state index in [1.807, 2.05) is 24.7 Å². The summed E-state index contributed by atoms with van der Waals surface area (Å²) in [6, 6.07) is 2.01. The van der Waals surface area contributed by atoms with Gasteiger partial charge in [0.1, 0.15) is 16.9 Å². The third-order valence-electron chi connectivity index (χ3n) is 4.38. The lowest BCUT2D eigenvalue weighted by Crippen LogP contribution is -1.93. The molecule has 0 N–H and O–H groups in total. The Kier molecular flexibility index (Phi) is 2.31. The van der Waals surface area contributed by atoms with Gasteiger partial charge in [0.2, 0.25) is 5.82 Å². The number of thiophene rings is 1. The van der Waals surface area contributed by atoms with Gasteiger partial charge in [-0.15, -0.1) is 16.4 Å². The van der Waals surface area contributed by atoms with Crippen molar-refractivity contribution in [3.8, 4) is 11.5 Å². The summed E-state index contributed by atoms with van der Waals surface area (Å²) in [6.07, 6.45) is 5.29. The van der Waals surface area contributed by atoms with Crippen LogP contribution in [-0.4, -0.2) is 29.4 Å². The molecule has 22 heavy (non-hydrogen) atoms. The molecule has 7 heteroatoms. The zero-order chi connectivity index (χ0) is 14.8. The van der Waals surface area contributed by atoms with Gasteiger partial charge in [0.15, 0.2) is 5.65 Å². The van der Waals surface area contributed by atoms with Crippen LogP contribution in [0.2, 0.25) is 0 Å². The van der Waals surface area contributed by atoms with E-state index in [1.165, 1.54) is 28.7 Å². The van der Waals surface area contributed by atoms with Crippen LogP contribution in [0.1, 0.15) is 22.6 Å². The smallest absolute Gasteiger partial charge is 0.202 e. The number of rotatable bonds is 1. The summed E-state index contributed by atoms with van der Waals surface area (Å²) in [5.74, 6) is 0.663. The maximum Gasteiger partial charge on any atom is 0.202 e. The molecule has 0 aliphatic heterocycles. The molecule has 0 amide bonds. The van der Waals surface area contributed by atoms with Crippen molar-refractivity contribution < 1.29 is 0 Å². The van der Waals surface area contributed by atoms with Gasteiger partial charge in [0.05, 0.1) is 5.39 Å². The summed E-state index contributed by atoms with van der Waals surface area (Å²) < 4.78 is 3.63. The Labute approximate surface area is 130 Å². The van der Waals surface area contributed by atoms with Crippen LogP contribution in [0, 0.1) is 6.92 Å². The van der Waals surface area contributed by atoms with Gasteiger partial charge in [-0.1, -0.05) is 0 Å². The molecule has 0 saturated carbocycles. The number of aryl methyl sites for hydroxylation is 4. The van der Waals surface area contributed by atoms with Crippen molar-refractivity contribution in [1.82, 2.24) is 29.4 Å². The van der Waals surface area contributed by atoms with Crippen molar-refractivity contribution in [2.24, 2.45) is 7.05 Å². The number of hydrogen-bond acceptors (Lipinski definition) is 5. The van der Waals surface area contributed by atoms with E-state index in [4.69, 9.17) is 4.98 Å². The molecule has 0 bridgehead atoms. The van der Waals surface area contributed by atoms with Crippen LogP contribution in [0.25, 0.3) is 27.4 Å². The van der Waals surface area contributed by atoms with Gasteiger partial charge in [0, 0.05) is 17.6 Å². The SMILES string of the molecule is Cc1cc(-c2nc3c4c5c(sc4ncn3n2)CCC5)nn1C. The van der Waals surface area contributed by atoms with Gasteiger partial charge in [-0.05, 0) is 37.8 Å². The normalized spacial score (nSPS) is 14.3. The van der Waals surface area contributed by atoms with Crippen molar-refractivity contribution in [3.63, 3.8) is 0 Å². The van der Waals surface area contributed by atoms with E-state index in [0.29, 0.717) is 5.82 Å². The topological polar surface area (TPSA) is 60.9 Å².